The fourth-order valence-corrected chi connectivity index (χ4v) is 0. The third kappa shape index (κ3) is 10900. The Bertz CT molecular complexity index is 209. The molecule has 0 unspecified atom stereocenters. The van der Waals surface area contributed by atoms with Crippen LogP contribution in [-0.2, 0) is 19.2 Å². The molecule has 0 aromatic rings. The molecule has 0 atom stereocenters. The molecule has 0 spiro atoms. The van der Waals surface area contributed by atoms with Gasteiger partial charge in [0.2, 0.25) is 0 Å². The summed E-state index contributed by atoms with van der Waals surface area (Å²) in [4.78, 5) is 36.0. The summed E-state index contributed by atoms with van der Waals surface area (Å²) in [5, 5.41) is 29.7. The van der Waals surface area contributed by atoms with Crippen LogP contribution < -0.4 is 70.6 Å². The zero-order chi connectivity index (χ0) is 17.7. The summed E-state index contributed by atoms with van der Waals surface area (Å²) < 4.78 is 0. The molecule has 8 N–H and O–H groups in total. The Kier molecular flexibility index (Phi) is 83.8. The van der Waals surface area contributed by atoms with Crippen molar-refractivity contribution in [2.75, 3.05) is 13.1 Å². The van der Waals surface area contributed by atoms with Gasteiger partial charge in [-0.3, -0.25) is 19.2 Å². The van der Waals surface area contributed by atoms with Crippen LogP contribution in [0.3, 0.4) is 0 Å². The van der Waals surface area contributed by atoms with Crippen molar-refractivity contribution in [3.8, 4) is 0 Å². The number of nitrogens with two attached hydrogens (primary N) is 2. The molecule has 0 rings (SSSR count). The van der Waals surface area contributed by atoms with E-state index in [0.29, 0.717) is 13.1 Å². The van der Waals surface area contributed by atoms with Crippen molar-refractivity contribution in [2.45, 2.75) is 27.7 Å². The SMILES string of the molecule is CC(=O)O.CC(=O)O.CC(=O)O.CC(=O)O.NCCN.[H-].[H-].[Na+].[Na+]. The van der Waals surface area contributed by atoms with E-state index < -0.39 is 23.9 Å². The van der Waals surface area contributed by atoms with Crippen LogP contribution in [-0.4, -0.2) is 57.4 Å². The molecule has 0 bridgehead atoms. The van der Waals surface area contributed by atoms with Crippen LogP contribution in [0.2, 0.25) is 0 Å². The van der Waals surface area contributed by atoms with Crippen molar-refractivity contribution in [1.29, 1.82) is 0 Å². The first-order valence-corrected chi connectivity index (χ1v) is 5.03. The quantitative estimate of drug-likeness (QED) is 0.247. The van der Waals surface area contributed by atoms with Gasteiger partial charge in [0.1, 0.15) is 0 Å². The molecule has 0 radical (unpaired) electrons. The van der Waals surface area contributed by atoms with Gasteiger partial charge in [0.15, 0.2) is 0 Å². The molecule has 0 amide bonds. The molecule has 0 heterocycles. The standard InChI is InChI=1S/C2H8N2.4C2H4O2.2Na.2H/c3-1-2-4;4*1-2(3)4;;;;/h1-4H2;4*1H3,(H,3,4);;;;/q;;;;;2*+1;2*-1. The van der Waals surface area contributed by atoms with Crippen LogP contribution in [0.5, 0.6) is 0 Å². The van der Waals surface area contributed by atoms with Gasteiger partial charge in [-0.1, -0.05) is 0 Å². The monoisotopic (exact) mass is 348 g/mol. The molecule has 0 aromatic carbocycles. The second-order valence-corrected chi connectivity index (χ2v) is 2.65. The maximum absolute atomic E-state index is 9.00. The molecule has 0 aliphatic rings. The van der Waals surface area contributed by atoms with E-state index in [4.69, 9.17) is 51.1 Å². The van der Waals surface area contributed by atoms with Crippen LogP contribution in [0.4, 0.5) is 0 Å². The second kappa shape index (κ2) is 42.8. The number of hydrogen-bond acceptors (Lipinski definition) is 6. The Morgan fingerprint density at radius 3 is 0.682 bits per heavy atom. The average Bonchev–Trinajstić information content (AvgIpc) is 2.13. The Hall–Kier alpha value is -0.200. The number of carboxylic acids is 4. The second-order valence-electron chi connectivity index (χ2n) is 2.65. The number of carbonyl (C=O) groups is 4. The molecule has 10 nitrogen and oxygen atoms in total. The maximum atomic E-state index is 9.00. The van der Waals surface area contributed by atoms with Crippen LogP contribution >= 0.6 is 0 Å². The fourth-order valence-electron chi connectivity index (χ4n) is 0. The molecule has 0 saturated heterocycles. The summed E-state index contributed by atoms with van der Waals surface area (Å²) in [5.74, 6) is -3.33. The van der Waals surface area contributed by atoms with Crippen molar-refractivity contribution < 1.29 is 102 Å². The number of aliphatic carboxylic acids is 4. The summed E-state index contributed by atoms with van der Waals surface area (Å²) in [7, 11) is 0. The van der Waals surface area contributed by atoms with E-state index in [1.54, 1.807) is 0 Å². The van der Waals surface area contributed by atoms with Crippen LogP contribution in [0, 0.1) is 0 Å². The fraction of sp³-hybridized carbons (Fsp3) is 0.600. The first-order valence-electron chi connectivity index (χ1n) is 5.03. The molecule has 0 aliphatic carbocycles. The molecule has 0 saturated carbocycles. The van der Waals surface area contributed by atoms with Gasteiger partial charge < -0.3 is 34.7 Å². The minimum Gasteiger partial charge on any atom is -1.00 e. The maximum Gasteiger partial charge on any atom is 1.00 e. The van der Waals surface area contributed by atoms with Crippen molar-refractivity contribution >= 4 is 23.9 Å². The Morgan fingerprint density at radius 2 is 0.682 bits per heavy atom. The van der Waals surface area contributed by atoms with Crippen LogP contribution in [0.15, 0.2) is 0 Å². The van der Waals surface area contributed by atoms with E-state index in [1.807, 2.05) is 0 Å². The number of hydrogen-bond donors (Lipinski definition) is 6. The third-order valence-corrected chi connectivity index (χ3v) is 0.167. The first kappa shape index (κ1) is 43.1. The predicted octanol–water partition coefficient (Wildman–Crippen LogP) is -6.50. The Morgan fingerprint density at radius 1 is 0.636 bits per heavy atom. The van der Waals surface area contributed by atoms with Crippen molar-refractivity contribution in [3.05, 3.63) is 0 Å². The summed E-state index contributed by atoms with van der Waals surface area (Å²) in [6, 6.07) is 0. The zero-order valence-electron chi connectivity index (χ0n) is 16.0. The van der Waals surface area contributed by atoms with Gasteiger partial charge >= 0.3 is 59.1 Å². The Labute approximate surface area is 176 Å². The van der Waals surface area contributed by atoms with Gasteiger partial charge in [-0.2, -0.15) is 0 Å². The van der Waals surface area contributed by atoms with Gasteiger partial charge in [0.25, 0.3) is 23.9 Å². The Balaban J connectivity index is -0.0000000161. The van der Waals surface area contributed by atoms with E-state index in [2.05, 4.69) is 0 Å². The largest absolute Gasteiger partial charge is 1.00 e. The van der Waals surface area contributed by atoms with E-state index in [-0.39, 0.29) is 62.0 Å². The molecule has 126 valence electrons. The summed E-state index contributed by atoms with van der Waals surface area (Å²) in [6.45, 7) is 5.53. The van der Waals surface area contributed by atoms with Gasteiger partial charge in [-0.05, 0) is 0 Å². The van der Waals surface area contributed by atoms with Gasteiger partial charge in [0, 0.05) is 40.8 Å². The molecule has 12 heteroatoms. The number of rotatable bonds is 1. The van der Waals surface area contributed by atoms with Crippen LogP contribution in [0.25, 0.3) is 0 Å². The van der Waals surface area contributed by atoms with Gasteiger partial charge in [-0.25, -0.2) is 0 Å². The van der Waals surface area contributed by atoms with Crippen molar-refractivity contribution in [2.24, 2.45) is 11.5 Å². The van der Waals surface area contributed by atoms with E-state index >= 15 is 0 Å². The smallest absolute Gasteiger partial charge is 1.00 e. The van der Waals surface area contributed by atoms with Gasteiger partial charge in [-0.15, -0.1) is 0 Å². The normalized spacial score (nSPS) is 5.91. The molecular weight excluding hydrogens is 322 g/mol. The topological polar surface area (TPSA) is 201 Å². The van der Waals surface area contributed by atoms with Crippen LogP contribution in [0.1, 0.15) is 30.5 Å². The molecule has 0 aromatic heterocycles. The van der Waals surface area contributed by atoms with E-state index in [9.17, 15) is 0 Å². The molecule has 22 heavy (non-hydrogen) atoms. The van der Waals surface area contributed by atoms with Crippen molar-refractivity contribution in [3.63, 3.8) is 0 Å². The first-order chi connectivity index (χ1) is 8.84. The molecule has 0 aliphatic heterocycles. The third-order valence-electron chi connectivity index (χ3n) is 0.167. The average molecular weight is 348 g/mol. The minimum atomic E-state index is -0.833. The van der Waals surface area contributed by atoms with E-state index in [0.717, 1.165) is 27.7 Å². The van der Waals surface area contributed by atoms with E-state index in [1.165, 1.54) is 0 Å². The van der Waals surface area contributed by atoms with Crippen molar-refractivity contribution in [1.82, 2.24) is 0 Å². The summed E-state index contributed by atoms with van der Waals surface area (Å²) in [6.07, 6.45) is 0. The minimum absolute atomic E-state index is 0. The predicted molar refractivity (Wildman–Crippen MR) is 73.6 cm³/mol. The summed E-state index contributed by atoms with van der Waals surface area (Å²) in [5.41, 5.74) is 9.81. The molecule has 0 fully saturated rings. The number of carboxylic acid groups (broad SMARTS) is 4. The zero-order valence-corrected chi connectivity index (χ0v) is 18.0. The molecular formula is C10H26N2Na2O8. The van der Waals surface area contributed by atoms with Gasteiger partial charge in [0.05, 0.1) is 0 Å². The summed E-state index contributed by atoms with van der Waals surface area (Å²) >= 11 is 0.